The first-order chi connectivity index (χ1) is 8.74. The predicted octanol–water partition coefficient (Wildman–Crippen LogP) is 3.06. The summed E-state index contributed by atoms with van der Waals surface area (Å²) in [5, 5.41) is 0. The van der Waals surface area contributed by atoms with Crippen LogP contribution in [0.5, 0.6) is 5.75 Å². The molecule has 0 atom stereocenters. The summed E-state index contributed by atoms with van der Waals surface area (Å²) >= 11 is 5.42. The van der Waals surface area contributed by atoms with E-state index in [2.05, 4.69) is 15.6 Å². The van der Waals surface area contributed by atoms with Crippen LogP contribution >= 0.6 is 12.2 Å². The van der Waals surface area contributed by atoms with Crippen molar-refractivity contribution in [2.45, 2.75) is 25.0 Å². The van der Waals surface area contributed by atoms with Crippen LogP contribution in [0.3, 0.4) is 0 Å². The molecule has 0 aliphatic heterocycles. The van der Waals surface area contributed by atoms with Crippen LogP contribution in [-0.2, 0) is 4.74 Å². The van der Waals surface area contributed by atoms with Gasteiger partial charge in [0.2, 0.25) is 0 Å². The highest BCUT2D eigenvalue weighted by Gasteiger charge is 2.32. The van der Waals surface area contributed by atoms with Gasteiger partial charge in [-0.05, 0) is 37.2 Å². The second-order valence-electron chi connectivity index (χ2n) is 4.64. The van der Waals surface area contributed by atoms with Crippen molar-refractivity contribution in [2.24, 2.45) is 0 Å². The van der Waals surface area contributed by atoms with E-state index in [1.807, 2.05) is 12.1 Å². The summed E-state index contributed by atoms with van der Waals surface area (Å²) in [6.07, 6.45) is 2.41. The van der Waals surface area contributed by atoms with Crippen LogP contribution in [0, 0.1) is 4.77 Å². The number of benzene rings is 1. The third kappa shape index (κ3) is 1.66. The number of ether oxygens (including phenoxy) is 2. The first-order valence-electron chi connectivity index (χ1n) is 6.04. The number of hydrogen-bond acceptors (Lipinski definition) is 3. The Morgan fingerprint density at radius 2 is 2.11 bits per heavy atom. The highest BCUT2D eigenvalue weighted by Crippen LogP contribution is 2.37. The molecule has 1 saturated carbocycles. The Morgan fingerprint density at radius 1 is 1.33 bits per heavy atom. The van der Waals surface area contributed by atoms with Crippen molar-refractivity contribution < 1.29 is 9.47 Å². The van der Waals surface area contributed by atoms with Gasteiger partial charge in [-0.15, -0.1) is 0 Å². The largest absolute Gasteiger partial charge is 0.494 e. The third-order valence-electron chi connectivity index (χ3n) is 3.70. The SMILES string of the molecule is COc1cccc2c1[nH]c(=S)n2C1CC(OC)C1. The standard InChI is InChI=1S/C13H16N2O2S/c1-16-9-6-8(7-9)15-10-4-3-5-11(17-2)12(10)14-13(15)18/h3-5,8-9H,6-7H2,1-2H3,(H,14,18). The molecule has 0 spiro atoms. The highest BCUT2D eigenvalue weighted by atomic mass is 32.1. The number of nitrogens with zero attached hydrogens (tertiary/aromatic N) is 1. The lowest BCUT2D eigenvalue weighted by molar-refractivity contribution is 0.00698. The number of imidazole rings is 1. The van der Waals surface area contributed by atoms with Gasteiger partial charge in [-0.3, -0.25) is 0 Å². The molecule has 1 aromatic carbocycles. The van der Waals surface area contributed by atoms with Gasteiger partial charge in [0.25, 0.3) is 0 Å². The fourth-order valence-corrected chi connectivity index (χ4v) is 2.95. The first-order valence-corrected chi connectivity index (χ1v) is 6.45. The minimum atomic E-state index is 0.368. The molecule has 0 saturated heterocycles. The van der Waals surface area contributed by atoms with Gasteiger partial charge in [0.05, 0.1) is 18.7 Å². The summed E-state index contributed by atoms with van der Waals surface area (Å²) in [6.45, 7) is 0. The van der Waals surface area contributed by atoms with Gasteiger partial charge in [-0.1, -0.05) is 6.07 Å². The molecule has 1 heterocycles. The monoisotopic (exact) mass is 264 g/mol. The summed E-state index contributed by atoms with van der Waals surface area (Å²) in [5.41, 5.74) is 2.09. The fourth-order valence-electron chi connectivity index (χ4n) is 2.60. The highest BCUT2D eigenvalue weighted by molar-refractivity contribution is 7.71. The minimum Gasteiger partial charge on any atom is -0.494 e. The molecule has 1 aromatic heterocycles. The van der Waals surface area contributed by atoms with E-state index in [4.69, 9.17) is 21.7 Å². The van der Waals surface area contributed by atoms with E-state index in [-0.39, 0.29) is 0 Å². The third-order valence-corrected chi connectivity index (χ3v) is 4.00. The van der Waals surface area contributed by atoms with Crippen molar-refractivity contribution in [3.8, 4) is 5.75 Å². The van der Waals surface area contributed by atoms with Crippen molar-refractivity contribution in [2.75, 3.05) is 14.2 Å². The molecule has 5 heteroatoms. The van der Waals surface area contributed by atoms with Crippen molar-refractivity contribution in [3.05, 3.63) is 23.0 Å². The summed E-state index contributed by atoms with van der Waals surface area (Å²) in [6, 6.07) is 6.44. The van der Waals surface area contributed by atoms with Crippen LogP contribution in [0.15, 0.2) is 18.2 Å². The fraction of sp³-hybridized carbons (Fsp3) is 0.462. The average Bonchev–Trinajstić information content (AvgIpc) is 2.65. The van der Waals surface area contributed by atoms with E-state index in [1.54, 1.807) is 14.2 Å². The quantitative estimate of drug-likeness (QED) is 0.866. The van der Waals surface area contributed by atoms with E-state index >= 15 is 0 Å². The lowest BCUT2D eigenvalue weighted by Crippen LogP contribution is -2.32. The molecule has 3 rings (SSSR count). The summed E-state index contributed by atoms with van der Waals surface area (Å²) in [7, 11) is 3.44. The Morgan fingerprint density at radius 3 is 2.78 bits per heavy atom. The number of hydrogen-bond donors (Lipinski definition) is 1. The number of nitrogens with one attached hydrogen (secondary N) is 1. The molecular weight excluding hydrogens is 248 g/mol. The van der Waals surface area contributed by atoms with E-state index in [0.717, 1.165) is 34.4 Å². The molecule has 96 valence electrons. The smallest absolute Gasteiger partial charge is 0.178 e. The van der Waals surface area contributed by atoms with Gasteiger partial charge in [0.15, 0.2) is 4.77 Å². The number of aromatic nitrogens is 2. The molecule has 1 aliphatic carbocycles. The Kier molecular flexibility index (Phi) is 2.87. The number of para-hydroxylation sites is 1. The molecule has 2 aromatic rings. The molecule has 0 amide bonds. The van der Waals surface area contributed by atoms with Gasteiger partial charge in [-0.25, -0.2) is 0 Å². The predicted molar refractivity (Wildman–Crippen MR) is 72.7 cm³/mol. The summed E-state index contributed by atoms with van der Waals surface area (Å²) in [5.74, 6) is 0.833. The zero-order valence-corrected chi connectivity index (χ0v) is 11.3. The number of fused-ring (bicyclic) bond motifs is 1. The van der Waals surface area contributed by atoms with Crippen molar-refractivity contribution >= 4 is 23.3 Å². The van der Waals surface area contributed by atoms with Crippen LogP contribution in [0.2, 0.25) is 0 Å². The van der Waals surface area contributed by atoms with E-state index in [0.29, 0.717) is 12.1 Å². The lowest BCUT2D eigenvalue weighted by atomic mass is 9.89. The van der Waals surface area contributed by atoms with Crippen LogP contribution in [0.4, 0.5) is 0 Å². The molecule has 0 unspecified atom stereocenters. The summed E-state index contributed by atoms with van der Waals surface area (Å²) in [4.78, 5) is 3.24. The van der Waals surface area contributed by atoms with Crippen LogP contribution in [-0.4, -0.2) is 29.9 Å². The maximum absolute atomic E-state index is 5.42. The Bertz CT molecular complexity index is 625. The van der Waals surface area contributed by atoms with Crippen molar-refractivity contribution in [1.82, 2.24) is 9.55 Å². The van der Waals surface area contributed by atoms with E-state index in [9.17, 15) is 0 Å². The van der Waals surface area contributed by atoms with Crippen molar-refractivity contribution in [1.29, 1.82) is 0 Å². The van der Waals surface area contributed by atoms with Gasteiger partial charge in [-0.2, -0.15) is 0 Å². The second kappa shape index (κ2) is 4.40. The zero-order chi connectivity index (χ0) is 12.7. The number of aromatic amines is 1. The average molecular weight is 264 g/mol. The molecule has 1 N–H and O–H groups in total. The van der Waals surface area contributed by atoms with Crippen LogP contribution < -0.4 is 4.74 Å². The molecule has 1 aliphatic rings. The number of H-pyrrole nitrogens is 1. The second-order valence-corrected chi connectivity index (χ2v) is 5.02. The summed E-state index contributed by atoms with van der Waals surface area (Å²) < 4.78 is 13.6. The molecular formula is C13H16N2O2S. The van der Waals surface area contributed by atoms with Gasteiger partial charge >= 0.3 is 0 Å². The van der Waals surface area contributed by atoms with Gasteiger partial charge in [0.1, 0.15) is 11.3 Å². The minimum absolute atomic E-state index is 0.368. The first kappa shape index (κ1) is 11.7. The number of rotatable bonds is 3. The van der Waals surface area contributed by atoms with Crippen LogP contribution in [0.1, 0.15) is 18.9 Å². The van der Waals surface area contributed by atoms with Crippen LogP contribution in [0.25, 0.3) is 11.0 Å². The number of methoxy groups -OCH3 is 2. The molecule has 1 fully saturated rings. The molecule has 18 heavy (non-hydrogen) atoms. The van der Waals surface area contributed by atoms with Gasteiger partial charge < -0.3 is 19.0 Å². The Hall–Kier alpha value is -1.33. The Labute approximate surface area is 111 Å². The maximum Gasteiger partial charge on any atom is 0.178 e. The van der Waals surface area contributed by atoms with E-state index in [1.165, 1.54) is 0 Å². The van der Waals surface area contributed by atoms with Crippen molar-refractivity contribution in [3.63, 3.8) is 0 Å². The van der Waals surface area contributed by atoms with Gasteiger partial charge in [0, 0.05) is 13.2 Å². The molecule has 0 radical (unpaired) electrons. The zero-order valence-electron chi connectivity index (χ0n) is 10.5. The van der Waals surface area contributed by atoms with E-state index < -0.39 is 0 Å². The Balaban J connectivity index is 2.07. The maximum atomic E-state index is 5.42. The normalized spacial score (nSPS) is 23.0. The lowest BCUT2D eigenvalue weighted by Gasteiger charge is -2.35. The molecule has 0 bridgehead atoms. The molecule has 4 nitrogen and oxygen atoms in total. The topological polar surface area (TPSA) is 39.2 Å².